The number of benzene rings is 2. The highest BCUT2D eigenvalue weighted by molar-refractivity contribution is 6.32. The van der Waals surface area contributed by atoms with E-state index in [0.717, 1.165) is 0 Å². The Morgan fingerprint density at radius 1 is 1.17 bits per heavy atom. The van der Waals surface area contributed by atoms with E-state index >= 15 is 0 Å². The van der Waals surface area contributed by atoms with E-state index in [2.05, 4.69) is 0 Å². The lowest BCUT2D eigenvalue weighted by atomic mass is 10.2. The van der Waals surface area contributed by atoms with E-state index in [0.29, 0.717) is 33.9 Å². The van der Waals surface area contributed by atoms with Crippen molar-refractivity contribution in [3.05, 3.63) is 58.4 Å². The molecule has 0 aliphatic rings. The largest absolute Gasteiger partial charge is 0.456 e. The average molecular weight is 265 g/mol. The molecule has 0 amide bonds. The molecule has 0 saturated heterocycles. The van der Waals surface area contributed by atoms with Crippen molar-refractivity contribution in [2.75, 3.05) is 0 Å². The standard InChI is InChI=1S/C14H10ClFO2/c1-9-6-11(16)3-5-13(9)18-14-4-2-10(8-17)7-12(14)15/h2-8H,1H3. The van der Waals surface area contributed by atoms with E-state index in [1.54, 1.807) is 19.1 Å². The van der Waals surface area contributed by atoms with Crippen LogP contribution >= 0.6 is 11.6 Å². The molecule has 0 fully saturated rings. The molecule has 0 spiro atoms. The van der Waals surface area contributed by atoms with Crippen molar-refractivity contribution in [1.29, 1.82) is 0 Å². The van der Waals surface area contributed by atoms with Crippen molar-refractivity contribution in [2.24, 2.45) is 0 Å². The van der Waals surface area contributed by atoms with E-state index in [1.165, 1.54) is 24.3 Å². The zero-order valence-corrected chi connectivity index (χ0v) is 10.4. The van der Waals surface area contributed by atoms with Gasteiger partial charge in [0.15, 0.2) is 0 Å². The molecule has 0 bridgehead atoms. The molecule has 4 heteroatoms. The number of carbonyl (C=O) groups is 1. The Balaban J connectivity index is 2.31. The third-order valence-corrected chi connectivity index (χ3v) is 2.74. The summed E-state index contributed by atoms with van der Waals surface area (Å²) < 4.78 is 18.5. The molecule has 2 aromatic carbocycles. The van der Waals surface area contributed by atoms with Gasteiger partial charge in [0, 0.05) is 5.56 Å². The topological polar surface area (TPSA) is 26.3 Å². The van der Waals surface area contributed by atoms with Crippen LogP contribution in [0.2, 0.25) is 5.02 Å². The number of rotatable bonds is 3. The Hall–Kier alpha value is -1.87. The van der Waals surface area contributed by atoms with E-state index in [9.17, 15) is 9.18 Å². The fourth-order valence-electron chi connectivity index (χ4n) is 1.52. The minimum Gasteiger partial charge on any atom is -0.456 e. The maximum absolute atomic E-state index is 12.9. The van der Waals surface area contributed by atoms with Gasteiger partial charge in [-0.25, -0.2) is 4.39 Å². The monoisotopic (exact) mass is 264 g/mol. The fourth-order valence-corrected chi connectivity index (χ4v) is 1.75. The third-order valence-electron chi connectivity index (χ3n) is 2.45. The predicted molar refractivity (Wildman–Crippen MR) is 68.1 cm³/mol. The molecule has 0 saturated carbocycles. The highest BCUT2D eigenvalue weighted by atomic mass is 35.5. The molecule has 0 atom stereocenters. The SMILES string of the molecule is Cc1cc(F)ccc1Oc1ccc(C=O)cc1Cl. The molecule has 0 heterocycles. The van der Waals surface area contributed by atoms with Gasteiger partial charge in [-0.3, -0.25) is 4.79 Å². The van der Waals surface area contributed by atoms with Gasteiger partial charge in [0.1, 0.15) is 23.6 Å². The van der Waals surface area contributed by atoms with Crippen LogP contribution in [0.5, 0.6) is 11.5 Å². The fraction of sp³-hybridized carbons (Fsp3) is 0.0714. The van der Waals surface area contributed by atoms with Gasteiger partial charge in [-0.05, 0) is 48.9 Å². The van der Waals surface area contributed by atoms with Gasteiger partial charge in [-0.2, -0.15) is 0 Å². The normalized spacial score (nSPS) is 10.2. The number of aryl methyl sites for hydroxylation is 1. The van der Waals surface area contributed by atoms with Crippen LogP contribution in [0, 0.1) is 12.7 Å². The first kappa shape index (κ1) is 12.6. The smallest absolute Gasteiger partial charge is 0.150 e. The van der Waals surface area contributed by atoms with Crippen molar-refractivity contribution in [2.45, 2.75) is 6.92 Å². The Morgan fingerprint density at radius 2 is 1.89 bits per heavy atom. The summed E-state index contributed by atoms with van der Waals surface area (Å²) in [5.41, 5.74) is 1.15. The minimum absolute atomic E-state index is 0.317. The van der Waals surface area contributed by atoms with Crippen molar-refractivity contribution in [1.82, 2.24) is 0 Å². The van der Waals surface area contributed by atoms with Gasteiger partial charge >= 0.3 is 0 Å². The molecule has 2 aromatic rings. The highest BCUT2D eigenvalue weighted by Crippen LogP contribution is 2.31. The summed E-state index contributed by atoms with van der Waals surface area (Å²) >= 11 is 5.98. The summed E-state index contributed by atoms with van der Waals surface area (Å²) in [7, 11) is 0. The summed E-state index contributed by atoms with van der Waals surface area (Å²) in [6.45, 7) is 1.74. The van der Waals surface area contributed by atoms with Crippen LogP contribution in [0.1, 0.15) is 15.9 Å². The highest BCUT2D eigenvalue weighted by Gasteiger charge is 2.07. The Kier molecular flexibility index (Phi) is 3.63. The molecule has 18 heavy (non-hydrogen) atoms. The minimum atomic E-state index is -0.317. The van der Waals surface area contributed by atoms with Crippen LogP contribution in [0.15, 0.2) is 36.4 Å². The van der Waals surface area contributed by atoms with Crippen molar-refractivity contribution >= 4 is 17.9 Å². The number of hydrogen-bond donors (Lipinski definition) is 0. The van der Waals surface area contributed by atoms with Gasteiger partial charge in [0.2, 0.25) is 0 Å². The van der Waals surface area contributed by atoms with E-state index in [4.69, 9.17) is 16.3 Å². The number of hydrogen-bond acceptors (Lipinski definition) is 2. The molecule has 0 aromatic heterocycles. The van der Waals surface area contributed by atoms with E-state index in [1.807, 2.05) is 0 Å². The van der Waals surface area contributed by atoms with Crippen molar-refractivity contribution in [3.8, 4) is 11.5 Å². The second-order valence-electron chi connectivity index (χ2n) is 3.82. The molecule has 0 N–H and O–H groups in total. The number of ether oxygens (including phenoxy) is 1. The lowest BCUT2D eigenvalue weighted by Crippen LogP contribution is -1.90. The van der Waals surface area contributed by atoms with Gasteiger partial charge in [0.25, 0.3) is 0 Å². The molecule has 0 aliphatic heterocycles. The Morgan fingerprint density at radius 3 is 2.50 bits per heavy atom. The second-order valence-corrected chi connectivity index (χ2v) is 4.23. The molecular weight excluding hydrogens is 255 g/mol. The Bertz CT molecular complexity index is 596. The number of halogens is 2. The molecule has 2 nitrogen and oxygen atoms in total. The summed E-state index contributed by atoms with van der Waals surface area (Å²) in [4.78, 5) is 10.6. The summed E-state index contributed by atoms with van der Waals surface area (Å²) in [5.74, 6) is 0.636. The van der Waals surface area contributed by atoms with Crippen molar-refractivity contribution < 1.29 is 13.9 Å². The first-order valence-corrected chi connectivity index (χ1v) is 5.66. The van der Waals surface area contributed by atoms with Crippen LogP contribution in [0.4, 0.5) is 4.39 Å². The lowest BCUT2D eigenvalue weighted by molar-refractivity contribution is 0.112. The van der Waals surface area contributed by atoms with Crippen molar-refractivity contribution in [3.63, 3.8) is 0 Å². The van der Waals surface area contributed by atoms with Crippen LogP contribution in [-0.4, -0.2) is 6.29 Å². The third kappa shape index (κ3) is 2.68. The van der Waals surface area contributed by atoms with Crippen LogP contribution < -0.4 is 4.74 Å². The predicted octanol–water partition coefficient (Wildman–Crippen LogP) is 4.39. The summed E-state index contributed by atoms with van der Waals surface area (Å²) in [5, 5.41) is 0.336. The first-order chi connectivity index (χ1) is 8.60. The van der Waals surface area contributed by atoms with Gasteiger partial charge in [-0.15, -0.1) is 0 Å². The quantitative estimate of drug-likeness (QED) is 0.769. The van der Waals surface area contributed by atoms with Gasteiger partial charge in [-0.1, -0.05) is 11.6 Å². The average Bonchev–Trinajstić information content (AvgIpc) is 2.34. The lowest BCUT2D eigenvalue weighted by Gasteiger charge is -2.10. The number of carbonyl (C=O) groups excluding carboxylic acids is 1. The van der Waals surface area contributed by atoms with E-state index in [-0.39, 0.29) is 5.82 Å². The Labute approximate surface area is 109 Å². The zero-order valence-electron chi connectivity index (χ0n) is 9.61. The molecule has 92 valence electrons. The molecule has 0 aliphatic carbocycles. The molecule has 0 radical (unpaired) electrons. The number of aldehydes is 1. The zero-order chi connectivity index (χ0) is 13.1. The molecule has 0 unspecified atom stereocenters. The maximum Gasteiger partial charge on any atom is 0.150 e. The van der Waals surface area contributed by atoms with Gasteiger partial charge in [0.05, 0.1) is 5.02 Å². The van der Waals surface area contributed by atoms with Crippen LogP contribution in [0.25, 0.3) is 0 Å². The van der Waals surface area contributed by atoms with Crippen LogP contribution in [-0.2, 0) is 0 Å². The summed E-state index contributed by atoms with van der Waals surface area (Å²) in [6.07, 6.45) is 0.707. The summed E-state index contributed by atoms with van der Waals surface area (Å²) in [6, 6.07) is 8.96. The first-order valence-electron chi connectivity index (χ1n) is 5.29. The molecule has 2 rings (SSSR count). The van der Waals surface area contributed by atoms with Crippen LogP contribution in [0.3, 0.4) is 0 Å². The molecular formula is C14H10ClFO2. The second kappa shape index (κ2) is 5.19. The van der Waals surface area contributed by atoms with Gasteiger partial charge < -0.3 is 4.74 Å². The maximum atomic E-state index is 12.9. The van der Waals surface area contributed by atoms with E-state index < -0.39 is 0 Å².